The molecule has 1 N–H and O–H groups in total. The van der Waals surface area contributed by atoms with Crippen molar-refractivity contribution in [3.63, 3.8) is 0 Å². The quantitative estimate of drug-likeness (QED) is 0.631. The second-order valence-corrected chi connectivity index (χ2v) is 3.39. The fourth-order valence-corrected chi connectivity index (χ4v) is 1.55. The van der Waals surface area contributed by atoms with E-state index in [0.717, 1.165) is 0 Å². The first kappa shape index (κ1) is 11.6. The van der Waals surface area contributed by atoms with Crippen molar-refractivity contribution in [1.29, 1.82) is 0 Å². The van der Waals surface area contributed by atoms with E-state index in [0.29, 0.717) is 16.7 Å². The molecule has 0 saturated carbocycles. The van der Waals surface area contributed by atoms with Gasteiger partial charge >= 0.3 is 5.76 Å². The van der Waals surface area contributed by atoms with Crippen LogP contribution in [0.2, 0.25) is 0 Å². The number of hydrogen-bond donors (Lipinski definition) is 1. The van der Waals surface area contributed by atoms with Crippen molar-refractivity contribution in [2.24, 2.45) is 0 Å². The molecular weight excluding hydrogens is 226 g/mol. The number of ketones is 1. The second kappa shape index (κ2) is 4.52. The highest BCUT2D eigenvalue weighted by molar-refractivity contribution is 6.00. The van der Waals surface area contributed by atoms with Gasteiger partial charge in [-0.25, -0.2) is 4.79 Å². The third-order valence-corrected chi connectivity index (χ3v) is 2.35. The molecule has 1 aromatic carbocycles. The number of methoxy groups -OCH3 is 2. The van der Waals surface area contributed by atoms with Crippen LogP contribution in [0.1, 0.15) is 10.4 Å². The van der Waals surface area contributed by atoms with Crippen molar-refractivity contribution in [2.45, 2.75) is 6.29 Å². The summed E-state index contributed by atoms with van der Waals surface area (Å²) >= 11 is 0. The molecule has 0 aliphatic carbocycles. The van der Waals surface area contributed by atoms with E-state index in [1.807, 2.05) is 0 Å². The lowest BCUT2D eigenvalue weighted by Gasteiger charge is -2.11. The van der Waals surface area contributed by atoms with Gasteiger partial charge in [-0.05, 0) is 18.2 Å². The summed E-state index contributed by atoms with van der Waals surface area (Å²) in [6.45, 7) is 0. The van der Waals surface area contributed by atoms with Crippen molar-refractivity contribution >= 4 is 16.9 Å². The Morgan fingerprint density at radius 3 is 2.71 bits per heavy atom. The van der Waals surface area contributed by atoms with Crippen LogP contribution in [0.3, 0.4) is 0 Å². The maximum atomic E-state index is 11.9. The van der Waals surface area contributed by atoms with Crippen LogP contribution < -0.4 is 5.76 Å². The van der Waals surface area contributed by atoms with Gasteiger partial charge in [0.05, 0.1) is 5.52 Å². The first-order valence-electron chi connectivity index (χ1n) is 4.88. The molecule has 90 valence electrons. The Kier molecular flexibility index (Phi) is 3.08. The van der Waals surface area contributed by atoms with Gasteiger partial charge < -0.3 is 13.9 Å². The number of H-pyrrole nitrogens is 1. The second-order valence-electron chi connectivity index (χ2n) is 3.39. The standard InChI is InChI=1S/C11H11NO5/c1-15-10(16-2)9(13)6-3-4-8-7(5-6)12-11(14)17-8/h3-5,10H,1-2H3,(H,12,14). The lowest BCUT2D eigenvalue weighted by molar-refractivity contribution is -0.0742. The number of hydrogen-bond acceptors (Lipinski definition) is 5. The van der Waals surface area contributed by atoms with Gasteiger partial charge in [-0.1, -0.05) is 0 Å². The molecule has 0 unspecified atom stereocenters. The number of carbonyl (C=O) groups is 1. The molecule has 0 spiro atoms. The smallest absolute Gasteiger partial charge is 0.408 e. The van der Waals surface area contributed by atoms with Gasteiger partial charge in [-0.15, -0.1) is 0 Å². The summed E-state index contributed by atoms with van der Waals surface area (Å²) in [7, 11) is 2.76. The van der Waals surface area contributed by atoms with Crippen LogP contribution in [-0.2, 0) is 9.47 Å². The van der Waals surface area contributed by atoms with Crippen molar-refractivity contribution in [1.82, 2.24) is 4.98 Å². The number of aromatic nitrogens is 1. The topological polar surface area (TPSA) is 81.5 Å². The molecule has 0 atom stereocenters. The lowest BCUT2D eigenvalue weighted by atomic mass is 10.1. The van der Waals surface area contributed by atoms with Gasteiger partial charge in [0.15, 0.2) is 5.58 Å². The third-order valence-electron chi connectivity index (χ3n) is 2.35. The maximum absolute atomic E-state index is 11.9. The zero-order valence-electron chi connectivity index (χ0n) is 9.35. The van der Waals surface area contributed by atoms with E-state index in [4.69, 9.17) is 13.9 Å². The number of ether oxygens (including phenoxy) is 2. The Balaban J connectivity index is 2.42. The highest BCUT2D eigenvalue weighted by Crippen LogP contribution is 2.14. The van der Waals surface area contributed by atoms with E-state index in [1.54, 1.807) is 12.1 Å². The van der Waals surface area contributed by atoms with E-state index in [9.17, 15) is 9.59 Å². The van der Waals surface area contributed by atoms with Crippen LogP contribution in [0.15, 0.2) is 27.4 Å². The van der Waals surface area contributed by atoms with Crippen LogP contribution >= 0.6 is 0 Å². The molecule has 6 heteroatoms. The van der Waals surface area contributed by atoms with Gasteiger partial charge in [0.2, 0.25) is 12.1 Å². The normalized spacial score (nSPS) is 11.2. The summed E-state index contributed by atoms with van der Waals surface area (Å²) in [6, 6.07) is 4.61. The average Bonchev–Trinajstić information content (AvgIpc) is 2.69. The Bertz CT molecular complexity index is 593. The fourth-order valence-electron chi connectivity index (χ4n) is 1.55. The Morgan fingerprint density at radius 1 is 1.35 bits per heavy atom. The van der Waals surface area contributed by atoms with E-state index < -0.39 is 12.0 Å². The van der Waals surface area contributed by atoms with Crippen molar-refractivity contribution < 1.29 is 18.7 Å². The summed E-state index contributed by atoms with van der Waals surface area (Å²) in [5.74, 6) is -0.876. The summed E-state index contributed by atoms with van der Waals surface area (Å²) in [6.07, 6.45) is -0.953. The monoisotopic (exact) mass is 237 g/mol. The minimum absolute atomic E-state index is 0.320. The molecule has 0 fully saturated rings. The number of rotatable bonds is 4. The number of nitrogens with one attached hydrogen (secondary N) is 1. The van der Waals surface area contributed by atoms with Gasteiger partial charge in [-0.3, -0.25) is 9.78 Å². The molecule has 0 radical (unpaired) electrons. The molecule has 1 aromatic heterocycles. The van der Waals surface area contributed by atoms with Crippen LogP contribution in [0.4, 0.5) is 0 Å². The van der Waals surface area contributed by atoms with Crippen molar-refractivity contribution in [3.05, 3.63) is 34.3 Å². The molecular formula is C11H11NO5. The Morgan fingerprint density at radius 2 is 2.06 bits per heavy atom. The zero-order valence-corrected chi connectivity index (χ0v) is 9.35. The average molecular weight is 237 g/mol. The molecule has 0 aliphatic heterocycles. The Hall–Kier alpha value is -1.92. The number of Topliss-reactive ketones (excluding diaryl/α,β-unsaturated/α-hetero) is 1. The third kappa shape index (κ3) is 2.13. The molecule has 17 heavy (non-hydrogen) atoms. The van der Waals surface area contributed by atoms with E-state index >= 15 is 0 Å². The molecule has 6 nitrogen and oxygen atoms in total. The summed E-state index contributed by atoms with van der Waals surface area (Å²) in [4.78, 5) is 25.3. The number of carbonyl (C=O) groups excluding carboxylic acids is 1. The molecule has 2 aromatic rings. The highest BCUT2D eigenvalue weighted by Gasteiger charge is 2.19. The minimum atomic E-state index is -0.953. The van der Waals surface area contributed by atoms with Gasteiger partial charge in [0.1, 0.15) is 0 Å². The number of aromatic amines is 1. The molecule has 0 aliphatic rings. The van der Waals surface area contributed by atoms with E-state index in [2.05, 4.69) is 4.98 Å². The molecule has 0 bridgehead atoms. The van der Waals surface area contributed by atoms with Gasteiger partial charge in [0, 0.05) is 19.8 Å². The number of benzene rings is 1. The van der Waals surface area contributed by atoms with Gasteiger partial charge in [-0.2, -0.15) is 0 Å². The summed E-state index contributed by atoms with van der Waals surface area (Å²) < 4.78 is 14.6. The molecule has 0 amide bonds. The molecule has 0 saturated heterocycles. The van der Waals surface area contributed by atoms with Crippen molar-refractivity contribution in [3.8, 4) is 0 Å². The largest absolute Gasteiger partial charge is 0.417 e. The molecule has 1 heterocycles. The summed E-state index contributed by atoms with van der Waals surface area (Å²) in [5, 5.41) is 0. The minimum Gasteiger partial charge on any atom is -0.408 e. The molecule has 2 rings (SSSR count). The number of fused-ring (bicyclic) bond motifs is 1. The highest BCUT2D eigenvalue weighted by atomic mass is 16.7. The lowest BCUT2D eigenvalue weighted by Crippen LogP contribution is -2.24. The van der Waals surface area contributed by atoms with Crippen molar-refractivity contribution in [2.75, 3.05) is 14.2 Å². The Labute approximate surface area is 96.1 Å². The SMILES string of the molecule is COC(OC)C(=O)c1ccc2oc(=O)[nH]c2c1. The first-order valence-corrected chi connectivity index (χ1v) is 4.88. The van der Waals surface area contributed by atoms with E-state index in [1.165, 1.54) is 20.3 Å². The zero-order chi connectivity index (χ0) is 12.4. The predicted octanol–water partition coefficient (Wildman–Crippen LogP) is 0.923. The van der Waals surface area contributed by atoms with Crippen LogP contribution in [0.5, 0.6) is 0 Å². The maximum Gasteiger partial charge on any atom is 0.417 e. The number of oxazole rings is 1. The van der Waals surface area contributed by atoms with Crippen LogP contribution in [0, 0.1) is 0 Å². The first-order chi connectivity index (χ1) is 8.15. The van der Waals surface area contributed by atoms with Gasteiger partial charge in [0.25, 0.3) is 0 Å². The van der Waals surface area contributed by atoms with Crippen LogP contribution in [-0.4, -0.2) is 31.3 Å². The summed E-state index contributed by atoms with van der Waals surface area (Å²) in [5.41, 5.74) is 1.24. The van der Waals surface area contributed by atoms with E-state index in [-0.39, 0.29) is 5.78 Å². The predicted molar refractivity (Wildman–Crippen MR) is 59.0 cm³/mol. The fraction of sp³-hybridized carbons (Fsp3) is 0.273. The van der Waals surface area contributed by atoms with Crippen LogP contribution in [0.25, 0.3) is 11.1 Å².